The second kappa shape index (κ2) is 6.38. The van der Waals surface area contributed by atoms with Crippen LogP contribution in [0.4, 0.5) is 19.0 Å². The SMILES string of the molecule is CC(Sc1nc(N)cc(C(F)(F)F)n1)c1cc2ccsc2c(Cl)n1. The highest BCUT2D eigenvalue weighted by atomic mass is 35.5. The van der Waals surface area contributed by atoms with Gasteiger partial charge in [0.1, 0.15) is 11.0 Å². The molecule has 1 unspecified atom stereocenters. The van der Waals surface area contributed by atoms with Crippen molar-refractivity contribution in [2.24, 2.45) is 0 Å². The number of aromatic nitrogens is 3. The van der Waals surface area contributed by atoms with Crippen molar-refractivity contribution >= 4 is 50.6 Å². The molecule has 0 saturated carbocycles. The third kappa shape index (κ3) is 3.57. The summed E-state index contributed by atoms with van der Waals surface area (Å²) in [6.45, 7) is 1.79. The molecule has 126 valence electrons. The van der Waals surface area contributed by atoms with Crippen molar-refractivity contribution in [1.29, 1.82) is 0 Å². The number of fused-ring (bicyclic) bond motifs is 1. The van der Waals surface area contributed by atoms with Crippen LogP contribution in [0, 0.1) is 0 Å². The predicted octanol–water partition coefficient (Wildman–Crippen LogP) is 5.19. The van der Waals surface area contributed by atoms with Crippen molar-refractivity contribution in [2.45, 2.75) is 23.5 Å². The van der Waals surface area contributed by atoms with E-state index in [2.05, 4.69) is 15.0 Å². The van der Waals surface area contributed by atoms with Crippen molar-refractivity contribution in [1.82, 2.24) is 15.0 Å². The summed E-state index contributed by atoms with van der Waals surface area (Å²) in [5, 5.41) is 2.85. The summed E-state index contributed by atoms with van der Waals surface area (Å²) in [6.07, 6.45) is -4.58. The Morgan fingerprint density at radius 1 is 1.25 bits per heavy atom. The number of nitrogen functional groups attached to an aromatic ring is 1. The van der Waals surface area contributed by atoms with Crippen LogP contribution in [0.2, 0.25) is 5.15 Å². The van der Waals surface area contributed by atoms with E-state index < -0.39 is 11.9 Å². The first-order valence-corrected chi connectivity index (χ1v) is 8.80. The molecule has 0 aliphatic heterocycles. The molecule has 3 rings (SSSR count). The van der Waals surface area contributed by atoms with Crippen LogP contribution in [0.1, 0.15) is 23.6 Å². The van der Waals surface area contributed by atoms with Gasteiger partial charge in [0.2, 0.25) is 0 Å². The molecule has 10 heteroatoms. The molecule has 0 saturated heterocycles. The fourth-order valence-corrected chi connectivity index (χ4v) is 3.99. The van der Waals surface area contributed by atoms with Crippen molar-refractivity contribution in [3.05, 3.63) is 40.1 Å². The van der Waals surface area contributed by atoms with Gasteiger partial charge in [-0.15, -0.1) is 11.3 Å². The lowest BCUT2D eigenvalue weighted by atomic mass is 10.2. The van der Waals surface area contributed by atoms with Gasteiger partial charge in [-0.3, -0.25) is 0 Å². The second-order valence-corrected chi connectivity index (χ2v) is 7.48. The van der Waals surface area contributed by atoms with Crippen LogP contribution in [0.15, 0.2) is 28.7 Å². The van der Waals surface area contributed by atoms with E-state index >= 15 is 0 Å². The van der Waals surface area contributed by atoms with E-state index in [1.54, 1.807) is 6.92 Å². The third-order valence-corrected chi connectivity index (χ3v) is 5.44. The molecule has 0 aromatic carbocycles. The average molecular weight is 391 g/mol. The standard InChI is InChI=1S/C14H10ClF3N4S2/c1-6(8-4-7-2-3-23-11(7)12(15)20-8)24-13-21-9(14(16,17)18)5-10(19)22-13/h2-6H,1H3,(H2,19,21,22). The van der Waals surface area contributed by atoms with Gasteiger partial charge in [0, 0.05) is 6.07 Å². The molecule has 0 bridgehead atoms. The van der Waals surface area contributed by atoms with Gasteiger partial charge < -0.3 is 5.73 Å². The predicted molar refractivity (Wildman–Crippen MR) is 90.3 cm³/mol. The largest absolute Gasteiger partial charge is 0.433 e. The van der Waals surface area contributed by atoms with Crippen LogP contribution in [0.5, 0.6) is 0 Å². The molecule has 0 spiro atoms. The van der Waals surface area contributed by atoms with E-state index in [4.69, 9.17) is 17.3 Å². The lowest BCUT2D eigenvalue weighted by Crippen LogP contribution is -2.11. The molecule has 1 atom stereocenters. The number of thioether (sulfide) groups is 1. The molecule has 3 aromatic rings. The number of pyridine rings is 1. The van der Waals surface area contributed by atoms with E-state index in [1.165, 1.54) is 11.3 Å². The summed E-state index contributed by atoms with van der Waals surface area (Å²) in [5.41, 5.74) is 5.02. The molecule has 0 aliphatic carbocycles. The summed E-state index contributed by atoms with van der Waals surface area (Å²) in [6, 6.07) is 4.47. The van der Waals surface area contributed by atoms with Crippen LogP contribution >= 0.6 is 34.7 Å². The smallest absolute Gasteiger partial charge is 0.384 e. The molecular formula is C14H10ClF3N4S2. The summed E-state index contributed by atoms with van der Waals surface area (Å²) in [5.74, 6) is -0.230. The van der Waals surface area contributed by atoms with Crippen molar-refractivity contribution in [3.8, 4) is 0 Å². The van der Waals surface area contributed by atoms with Crippen LogP contribution in [0.3, 0.4) is 0 Å². The van der Waals surface area contributed by atoms with Crippen LogP contribution in [0.25, 0.3) is 10.1 Å². The van der Waals surface area contributed by atoms with E-state index in [9.17, 15) is 13.2 Å². The highest BCUT2D eigenvalue weighted by molar-refractivity contribution is 7.99. The Kier molecular flexibility index (Phi) is 4.58. The number of nitrogens with two attached hydrogens (primary N) is 1. The van der Waals surface area contributed by atoms with Gasteiger partial charge in [-0.2, -0.15) is 13.2 Å². The maximum atomic E-state index is 12.8. The fourth-order valence-electron chi connectivity index (χ4n) is 2.02. The van der Waals surface area contributed by atoms with Crippen molar-refractivity contribution in [3.63, 3.8) is 0 Å². The Morgan fingerprint density at radius 3 is 2.71 bits per heavy atom. The van der Waals surface area contributed by atoms with Crippen LogP contribution in [-0.4, -0.2) is 15.0 Å². The van der Waals surface area contributed by atoms with Crippen molar-refractivity contribution in [2.75, 3.05) is 5.73 Å². The van der Waals surface area contributed by atoms with Gasteiger partial charge >= 0.3 is 6.18 Å². The monoisotopic (exact) mass is 390 g/mol. The number of halogens is 4. The molecule has 3 aromatic heterocycles. The van der Waals surface area contributed by atoms with Gasteiger partial charge in [0.25, 0.3) is 0 Å². The zero-order valence-electron chi connectivity index (χ0n) is 12.1. The lowest BCUT2D eigenvalue weighted by Gasteiger charge is -2.12. The van der Waals surface area contributed by atoms with Crippen molar-refractivity contribution < 1.29 is 13.2 Å². The maximum absolute atomic E-state index is 12.8. The number of anilines is 1. The second-order valence-electron chi connectivity index (χ2n) is 4.90. The zero-order valence-corrected chi connectivity index (χ0v) is 14.5. The van der Waals surface area contributed by atoms with E-state index in [-0.39, 0.29) is 16.2 Å². The molecule has 4 nitrogen and oxygen atoms in total. The Labute approximate surface area is 148 Å². The topological polar surface area (TPSA) is 64.7 Å². The van der Waals surface area contributed by atoms with E-state index in [0.717, 1.165) is 21.8 Å². The molecule has 24 heavy (non-hydrogen) atoms. The van der Waals surface area contributed by atoms with E-state index in [1.807, 2.05) is 17.5 Å². The first-order chi connectivity index (χ1) is 11.2. The minimum absolute atomic E-state index is 0.0573. The first kappa shape index (κ1) is 17.2. The molecule has 0 aliphatic rings. The van der Waals surface area contributed by atoms with Crippen LogP contribution in [-0.2, 0) is 6.18 Å². The highest BCUT2D eigenvalue weighted by Gasteiger charge is 2.33. The van der Waals surface area contributed by atoms with Gasteiger partial charge in [0.05, 0.1) is 15.6 Å². The number of rotatable bonds is 3. The molecule has 2 N–H and O–H groups in total. The van der Waals surface area contributed by atoms with Gasteiger partial charge in [-0.25, -0.2) is 15.0 Å². The number of nitrogens with zero attached hydrogens (tertiary/aromatic N) is 3. The van der Waals surface area contributed by atoms with Gasteiger partial charge in [-0.1, -0.05) is 23.4 Å². The van der Waals surface area contributed by atoms with Crippen LogP contribution < -0.4 is 5.73 Å². The molecule has 3 heterocycles. The molecule has 0 radical (unpaired) electrons. The minimum Gasteiger partial charge on any atom is -0.384 e. The number of hydrogen-bond acceptors (Lipinski definition) is 6. The maximum Gasteiger partial charge on any atom is 0.433 e. The quantitative estimate of drug-likeness (QED) is 0.378. The summed E-state index contributed by atoms with van der Waals surface area (Å²) in [4.78, 5) is 11.7. The first-order valence-electron chi connectivity index (χ1n) is 6.66. The van der Waals surface area contributed by atoms with Gasteiger partial charge in [-0.05, 0) is 29.8 Å². The average Bonchev–Trinajstić information content (AvgIpc) is 2.94. The molecule has 0 amide bonds. The summed E-state index contributed by atoms with van der Waals surface area (Å²) in [7, 11) is 0. The molecule has 0 fully saturated rings. The third-order valence-electron chi connectivity index (χ3n) is 3.13. The van der Waals surface area contributed by atoms with E-state index in [0.29, 0.717) is 16.9 Å². The summed E-state index contributed by atoms with van der Waals surface area (Å²) < 4.78 is 39.3. The lowest BCUT2D eigenvalue weighted by molar-refractivity contribution is -0.141. The minimum atomic E-state index is -4.58. The number of thiophene rings is 1. The normalized spacial score (nSPS) is 13.4. The Hall–Kier alpha value is -1.58. The number of hydrogen-bond donors (Lipinski definition) is 1. The summed E-state index contributed by atoms with van der Waals surface area (Å²) >= 11 is 8.67. The molecular weight excluding hydrogens is 381 g/mol. The Balaban J connectivity index is 1.91. The van der Waals surface area contributed by atoms with Gasteiger partial charge in [0.15, 0.2) is 10.9 Å². The Morgan fingerprint density at radius 2 is 2.00 bits per heavy atom. The number of alkyl halides is 3. The fraction of sp³-hybridized carbons (Fsp3) is 0.214. The Bertz CT molecular complexity index is 897. The highest BCUT2D eigenvalue weighted by Crippen LogP contribution is 2.37. The zero-order chi connectivity index (χ0) is 17.5.